The van der Waals surface area contributed by atoms with Crippen LogP contribution in [0.15, 0.2) is 24.3 Å². The molecule has 0 saturated carbocycles. The molecule has 1 saturated heterocycles. The van der Waals surface area contributed by atoms with Crippen molar-refractivity contribution >= 4 is 23.5 Å². The van der Waals surface area contributed by atoms with Crippen LogP contribution in [0.25, 0.3) is 0 Å². The lowest BCUT2D eigenvalue weighted by Gasteiger charge is -2.14. The molecule has 1 aromatic rings. The van der Waals surface area contributed by atoms with Gasteiger partial charge in [0.25, 0.3) is 0 Å². The molecule has 0 radical (unpaired) electrons. The Hall–Kier alpha value is -2.17. The molecule has 0 spiro atoms. The summed E-state index contributed by atoms with van der Waals surface area (Å²) in [6.45, 7) is 2.39. The van der Waals surface area contributed by atoms with Gasteiger partial charge in [-0.3, -0.25) is 14.5 Å². The Morgan fingerprint density at radius 3 is 2.60 bits per heavy atom. The summed E-state index contributed by atoms with van der Waals surface area (Å²) in [5.74, 6) is -0.891. The molecule has 0 aliphatic carbocycles. The third-order valence-electron chi connectivity index (χ3n) is 3.12. The van der Waals surface area contributed by atoms with Crippen molar-refractivity contribution < 1.29 is 19.1 Å². The molecule has 1 fully saturated rings. The largest absolute Gasteiger partial charge is 0.462 e. The van der Waals surface area contributed by atoms with E-state index in [0.717, 1.165) is 17.7 Å². The summed E-state index contributed by atoms with van der Waals surface area (Å²) >= 11 is 0. The van der Waals surface area contributed by atoms with E-state index >= 15 is 0 Å². The minimum Gasteiger partial charge on any atom is -0.462 e. The van der Waals surface area contributed by atoms with Gasteiger partial charge in [0.05, 0.1) is 17.9 Å². The number of amides is 2. The van der Waals surface area contributed by atoms with Crippen molar-refractivity contribution in [2.75, 3.05) is 11.5 Å². The molecule has 106 valence electrons. The van der Waals surface area contributed by atoms with Crippen LogP contribution in [-0.4, -0.2) is 24.4 Å². The van der Waals surface area contributed by atoms with Crippen molar-refractivity contribution in [3.8, 4) is 0 Å². The quantitative estimate of drug-likeness (QED) is 0.470. The number of rotatable bonds is 5. The summed E-state index contributed by atoms with van der Waals surface area (Å²) in [5.41, 5.74) is 0.786. The van der Waals surface area contributed by atoms with Crippen molar-refractivity contribution in [3.63, 3.8) is 0 Å². The fourth-order valence-electron chi connectivity index (χ4n) is 2.03. The first-order valence-corrected chi connectivity index (χ1v) is 6.76. The maximum Gasteiger partial charge on any atom is 0.338 e. The van der Waals surface area contributed by atoms with Crippen molar-refractivity contribution in [2.45, 2.75) is 32.6 Å². The number of hydrogen-bond acceptors (Lipinski definition) is 4. The highest BCUT2D eigenvalue weighted by molar-refractivity contribution is 6.20. The van der Waals surface area contributed by atoms with E-state index < -0.39 is 5.97 Å². The van der Waals surface area contributed by atoms with Gasteiger partial charge in [-0.25, -0.2) is 4.79 Å². The van der Waals surface area contributed by atoms with Crippen LogP contribution in [0.3, 0.4) is 0 Å². The molecule has 0 bridgehead atoms. The van der Waals surface area contributed by atoms with Gasteiger partial charge in [0, 0.05) is 12.8 Å². The van der Waals surface area contributed by atoms with Crippen molar-refractivity contribution in [2.24, 2.45) is 0 Å². The Morgan fingerprint density at radius 1 is 1.25 bits per heavy atom. The lowest BCUT2D eigenvalue weighted by Crippen LogP contribution is -2.28. The maximum atomic E-state index is 11.8. The minimum absolute atomic E-state index is 0.226. The Balaban J connectivity index is 2.13. The van der Waals surface area contributed by atoms with E-state index in [-0.39, 0.29) is 24.7 Å². The second-order valence-electron chi connectivity index (χ2n) is 4.66. The number of ether oxygens (including phenoxy) is 1. The van der Waals surface area contributed by atoms with E-state index in [1.54, 1.807) is 18.2 Å². The summed E-state index contributed by atoms with van der Waals surface area (Å²) < 4.78 is 5.11. The third-order valence-corrected chi connectivity index (χ3v) is 3.12. The number of imide groups is 1. The van der Waals surface area contributed by atoms with Crippen LogP contribution in [0.5, 0.6) is 0 Å². The first-order chi connectivity index (χ1) is 9.63. The predicted molar refractivity (Wildman–Crippen MR) is 73.4 cm³/mol. The number of carbonyl (C=O) groups is 3. The smallest absolute Gasteiger partial charge is 0.338 e. The summed E-state index contributed by atoms with van der Waals surface area (Å²) in [6.07, 6.45) is 2.21. The standard InChI is InChI=1S/C15H17NO4/c1-2-3-9-20-15(19)11-5-4-6-12(10-11)16-13(17)7-8-14(16)18/h4-6,10H,2-3,7-9H2,1H3. The molecular formula is C15H17NO4. The van der Waals surface area contributed by atoms with Gasteiger partial charge < -0.3 is 4.74 Å². The van der Waals surface area contributed by atoms with Gasteiger partial charge >= 0.3 is 5.97 Å². The van der Waals surface area contributed by atoms with Gasteiger partial charge in [0.2, 0.25) is 11.8 Å². The molecular weight excluding hydrogens is 258 g/mol. The lowest BCUT2D eigenvalue weighted by atomic mass is 10.2. The number of hydrogen-bond donors (Lipinski definition) is 0. The van der Waals surface area contributed by atoms with E-state index in [1.807, 2.05) is 6.92 Å². The highest BCUT2D eigenvalue weighted by Gasteiger charge is 2.30. The number of anilines is 1. The fraction of sp³-hybridized carbons (Fsp3) is 0.400. The molecule has 0 unspecified atom stereocenters. The molecule has 1 aromatic carbocycles. The highest BCUT2D eigenvalue weighted by atomic mass is 16.5. The van der Waals surface area contributed by atoms with Crippen LogP contribution >= 0.6 is 0 Å². The maximum absolute atomic E-state index is 11.8. The highest BCUT2D eigenvalue weighted by Crippen LogP contribution is 2.23. The van der Waals surface area contributed by atoms with E-state index in [2.05, 4.69) is 0 Å². The molecule has 2 amide bonds. The van der Waals surface area contributed by atoms with E-state index in [4.69, 9.17) is 4.74 Å². The normalized spacial score (nSPS) is 14.8. The second kappa shape index (κ2) is 6.32. The average Bonchev–Trinajstić information content (AvgIpc) is 2.78. The van der Waals surface area contributed by atoms with Gasteiger partial charge in [0.15, 0.2) is 0 Å². The zero-order valence-electron chi connectivity index (χ0n) is 11.4. The van der Waals surface area contributed by atoms with E-state index in [9.17, 15) is 14.4 Å². The Labute approximate surface area is 117 Å². The van der Waals surface area contributed by atoms with Gasteiger partial charge in [-0.2, -0.15) is 0 Å². The Kier molecular flexibility index (Phi) is 4.50. The number of benzene rings is 1. The molecule has 0 aromatic heterocycles. The first kappa shape index (κ1) is 14.2. The van der Waals surface area contributed by atoms with Gasteiger partial charge in [-0.1, -0.05) is 19.4 Å². The molecule has 1 heterocycles. The van der Waals surface area contributed by atoms with Crippen LogP contribution in [0.2, 0.25) is 0 Å². The predicted octanol–water partition coefficient (Wildman–Crippen LogP) is 2.30. The molecule has 5 nitrogen and oxygen atoms in total. The van der Waals surface area contributed by atoms with Crippen LogP contribution in [0.4, 0.5) is 5.69 Å². The third kappa shape index (κ3) is 3.04. The zero-order valence-corrected chi connectivity index (χ0v) is 11.4. The molecule has 0 atom stereocenters. The molecule has 1 aliphatic heterocycles. The SMILES string of the molecule is CCCCOC(=O)c1cccc(N2C(=O)CCC2=O)c1. The summed E-state index contributed by atoms with van der Waals surface area (Å²) in [6, 6.07) is 6.42. The van der Waals surface area contributed by atoms with Crippen LogP contribution in [0, 0.1) is 0 Å². The monoisotopic (exact) mass is 275 g/mol. The van der Waals surface area contributed by atoms with Crippen LogP contribution < -0.4 is 4.90 Å². The van der Waals surface area contributed by atoms with E-state index in [1.165, 1.54) is 6.07 Å². The zero-order chi connectivity index (χ0) is 14.5. The minimum atomic E-state index is -0.431. The van der Waals surface area contributed by atoms with Crippen molar-refractivity contribution in [1.82, 2.24) is 0 Å². The molecule has 1 aliphatic rings. The van der Waals surface area contributed by atoms with Crippen LogP contribution in [0.1, 0.15) is 43.0 Å². The molecule has 20 heavy (non-hydrogen) atoms. The molecule has 5 heteroatoms. The van der Waals surface area contributed by atoms with Crippen LogP contribution in [-0.2, 0) is 14.3 Å². The number of nitrogens with zero attached hydrogens (tertiary/aromatic N) is 1. The Bertz CT molecular complexity index is 522. The van der Waals surface area contributed by atoms with Crippen molar-refractivity contribution in [1.29, 1.82) is 0 Å². The lowest BCUT2D eigenvalue weighted by molar-refractivity contribution is -0.121. The number of unbranched alkanes of at least 4 members (excludes halogenated alkanes) is 1. The number of esters is 1. The fourth-order valence-corrected chi connectivity index (χ4v) is 2.03. The summed E-state index contributed by atoms with van der Waals surface area (Å²) in [4.78, 5) is 36.3. The van der Waals surface area contributed by atoms with E-state index in [0.29, 0.717) is 17.9 Å². The van der Waals surface area contributed by atoms with Crippen molar-refractivity contribution in [3.05, 3.63) is 29.8 Å². The Morgan fingerprint density at radius 2 is 1.95 bits per heavy atom. The summed E-state index contributed by atoms with van der Waals surface area (Å²) in [7, 11) is 0. The second-order valence-corrected chi connectivity index (χ2v) is 4.66. The summed E-state index contributed by atoms with van der Waals surface area (Å²) in [5, 5.41) is 0. The van der Waals surface area contributed by atoms with Gasteiger partial charge in [-0.15, -0.1) is 0 Å². The van der Waals surface area contributed by atoms with Gasteiger partial charge in [-0.05, 0) is 24.6 Å². The number of carbonyl (C=O) groups excluding carboxylic acids is 3. The average molecular weight is 275 g/mol. The molecule has 0 N–H and O–H groups in total. The topological polar surface area (TPSA) is 63.7 Å². The first-order valence-electron chi connectivity index (χ1n) is 6.76. The molecule has 2 rings (SSSR count). The van der Waals surface area contributed by atoms with Gasteiger partial charge in [0.1, 0.15) is 0 Å².